The molecule has 2 heteroatoms. The van der Waals surface area contributed by atoms with E-state index in [1.165, 1.54) is 30.4 Å². The van der Waals surface area contributed by atoms with Crippen LogP contribution in [0.2, 0.25) is 0 Å². The maximum absolute atomic E-state index is 5.50. The molecule has 14 heavy (non-hydrogen) atoms. The van der Waals surface area contributed by atoms with E-state index in [0.29, 0.717) is 4.83 Å². The van der Waals surface area contributed by atoms with Crippen LogP contribution in [0.15, 0.2) is 18.2 Å². The second kappa shape index (κ2) is 4.35. The Hall–Kier alpha value is -0.500. The summed E-state index contributed by atoms with van der Waals surface area (Å²) in [5, 5.41) is 0. The molecule has 1 atom stereocenters. The van der Waals surface area contributed by atoms with Gasteiger partial charge in [-0.3, -0.25) is 0 Å². The van der Waals surface area contributed by atoms with Crippen molar-refractivity contribution in [2.45, 2.75) is 31.0 Å². The van der Waals surface area contributed by atoms with Gasteiger partial charge in [-0.1, -0.05) is 22.0 Å². The molecular formula is C12H15BrO. The first-order valence-electron chi connectivity index (χ1n) is 5.21. The highest BCUT2D eigenvalue weighted by Gasteiger charge is 2.17. The van der Waals surface area contributed by atoms with Crippen LogP contribution in [0, 0.1) is 0 Å². The first-order chi connectivity index (χ1) is 6.81. The molecule has 1 aromatic rings. The van der Waals surface area contributed by atoms with Gasteiger partial charge in [-0.15, -0.1) is 0 Å². The Morgan fingerprint density at radius 2 is 2.36 bits per heavy atom. The highest BCUT2D eigenvalue weighted by atomic mass is 79.9. The van der Waals surface area contributed by atoms with Crippen molar-refractivity contribution in [1.82, 2.24) is 0 Å². The van der Waals surface area contributed by atoms with E-state index < -0.39 is 0 Å². The summed E-state index contributed by atoms with van der Waals surface area (Å²) in [4.78, 5) is 0.520. The number of aryl methyl sites for hydroxylation is 1. The van der Waals surface area contributed by atoms with Gasteiger partial charge in [-0.05, 0) is 49.4 Å². The zero-order valence-electron chi connectivity index (χ0n) is 8.42. The lowest BCUT2D eigenvalue weighted by atomic mass is 9.91. The molecule has 0 aliphatic heterocycles. The predicted molar refractivity (Wildman–Crippen MR) is 62.2 cm³/mol. The summed E-state index contributed by atoms with van der Waals surface area (Å²) < 4.78 is 5.50. The fourth-order valence-electron chi connectivity index (χ4n) is 1.98. The molecule has 76 valence electrons. The molecule has 2 rings (SSSR count). The van der Waals surface area contributed by atoms with E-state index in [1.807, 2.05) is 6.92 Å². The van der Waals surface area contributed by atoms with E-state index in [9.17, 15) is 0 Å². The van der Waals surface area contributed by atoms with E-state index >= 15 is 0 Å². The van der Waals surface area contributed by atoms with Crippen LogP contribution in [-0.2, 0) is 6.42 Å². The van der Waals surface area contributed by atoms with Crippen molar-refractivity contribution in [3.8, 4) is 5.75 Å². The molecule has 0 heterocycles. The number of hydrogen-bond donors (Lipinski definition) is 0. The maximum atomic E-state index is 5.50. The zero-order chi connectivity index (χ0) is 9.97. The molecule has 0 aromatic heterocycles. The number of hydrogen-bond acceptors (Lipinski definition) is 1. The van der Waals surface area contributed by atoms with Crippen LogP contribution in [0.5, 0.6) is 5.75 Å². The maximum Gasteiger partial charge on any atom is 0.119 e. The van der Waals surface area contributed by atoms with Crippen LogP contribution in [0.3, 0.4) is 0 Å². The number of alkyl halides is 1. The third-order valence-electron chi connectivity index (χ3n) is 2.67. The van der Waals surface area contributed by atoms with Gasteiger partial charge >= 0.3 is 0 Å². The minimum absolute atomic E-state index is 0.520. The Morgan fingerprint density at radius 1 is 1.50 bits per heavy atom. The molecule has 0 N–H and O–H groups in total. The van der Waals surface area contributed by atoms with Crippen molar-refractivity contribution in [2.24, 2.45) is 0 Å². The van der Waals surface area contributed by atoms with Crippen LogP contribution in [0.25, 0.3) is 0 Å². The third-order valence-corrected chi connectivity index (χ3v) is 3.62. The lowest BCUT2D eigenvalue weighted by Gasteiger charge is -2.21. The van der Waals surface area contributed by atoms with E-state index in [-0.39, 0.29) is 0 Å². The molecular weight excluding hydrogens is 240 g/mol. The molecule has 0 fully saturated rings. The molecule has 0 radical (unpaired) electrons. The van der Waals surface area contributed by atoms with Crippen LogP contribution in [-0.4, -0.2) is 6.61 Å². The monoisotopic (exact) mass is 254 g/mol. The normalized spacial score (nSPS) is 20.3. The van der Waals surface area contributed by atoms with Crippen molar-refractivity contribution in [3.05, 3.63) is 29.3 Å². The van der Waals surface area contributed by atoms with Crippen molar-refractivity contribution in [1.29, 1.82) is 0 Å². The van der Waals surface area contributed by atoms with Gasteiger partial charge in [0.25, 0.3) is 0 Å². The van der Waals surface area contributed by atoms with Crippen molar-refractivity contribution >= 4 is 15.9 Å². The minimum atomic E-state index is 0.520. The second-order valence-electron chi connectivity index (χ2n) is 3.65. The fourth-order valence-corrected chi connectivity index (χ4v) is 2.73. The lowest BCUT2D eigenvalue weighted by molar-refractivity contribution is 0.339. The van der Waals surface area contributed by atoms with Gasteiger partial charge < -0.3 is 4.74 Å². The molecule has 1 aliphatic rings. The average molecular weight is 255 g/mol. The van der Waals surface area contributed by atoms with E-state index in [4.69, 9.17) is 4.74 Å². The summed E-state index contributed by atoms with van der Waals surface area (Å²) in [6.07, 6.45) is 3.74. The number of fused-ring (bicyclic) bond motifs is 1. The molecule has 0 spiro atoms. The van der Waals surface area contributed by atoms with Gasteiger partial charge in [0.05, 0.1) is 6.61 Å². The van der Waals surface area contributed by atoms with E-state index in [2.05, 4.69) is 34.1 Å². The Kier molecular flexibility index (Phi) is 3.12. The number of ether oxygens (including phenoxy) is 1. The second-order valence-corrected chi connectivity index (χ2v) is 4.76. The van der Waals surface area contributed by atoms with Gasteiger partial charge in [0.15, 0.2) is 0 Å². The molecule has 0 bridgehead atoms. The smallest absolute Gasteiger partial charge is 0.119 e. The Labute approximate surface area is 93.6 Å². The fraction of sp³-hybridized carbons (Fsp3) is 0.500. The van der Waals surface area contributed by atoms with E-state index in [0.717, 1.165) is 12.4 Å². The summed E-state index contributed by atoms with van der Waals surface area (Å²) in [5.74, 6) is 0.998. The summed E-state index contributed by atoms with van der Waals surface area (Å²) in [6.45, 7) is 2.76. The highest BCUT2D eigenvalue weighted by molar-refractivity contribution is 9.09. The van der Waals surface area contributed by atoms with E-state index in [1.54, 1.807) is 0 Å². The third kappa shape index (κ3) is 1.95. The number of rotatable bonds is 2. The molecule has 1 nitrogen and oxygen atoms in total. The summed E-state index contributed by atoms with van der Waals surface area (Å²) >= 11 is 3.72. The van der Waals surface area contributed by atoms with Crippen LogP contribution in [0.1, 0.15) is 35.7 Å². The van der Waals surface area contributed by atoms with Gasteiger partial charge in [0.2, 0.25) is 0 Å². The minimum Gasteiger partial charge on any atom is -0.494 e. The van der Waals surface area contributed by atoms with Crippen LogP contribution in [0.4, 0.5) is 0 Å². The number of halogens is 1. The highest BCUT2D eigenvalue weighted by Crippen LogP contribution is 2.37. The summed E-state index contributed by atoms with van der Waals surface area (Å²) in [6, 6.07) is 6.46. The average Bonchev–Trinajstić information content (AvgIpc) is 2.20. The van der Waals surface area contributed by atoms with Crippen molar-refractivity contribution in [3.63, 3.8) is 0 Å². The quantitative estimate of drug-likeness (QED) is 0.729. The molecule has 1 aromatic carbocycles. The Bertz CT molecular complexity index is 322. The SMILES string of the molecule is CCOc1ccc2c(c1)C(Br)CCC2. The topological polar surface area (TPSA) is 9.23 Å². The van der Waals surface area contributed by atoms with Gasteiger partial charge in [0.1, 0.15) is 5.75 Å². The summed E-state index contributed by atoms with van der Waals surface area (Å²) in [7, 11) is 0. The van der Waals surface area contributed by atoms with Crippen molar-refractivity contribution in [2.75, 3.05) is 6.61 Å². The zero-order valence-corrected chi connectivity index (χ0v) is 10.0. The standard InChI is InChI=1S/C12H15BrO/c1-2-14-10-7-6-9-4-3-5-12(13)11(9)8-10/h6-8,12H,2-5H2,1H3. The Balaban J connectivity index is 2.31. The van der Waals surface area contributed by atoms with Crippen LogP contribution >= 0.6 is 15.9 Å². The van der Waals surface area contributed by atoms with Gasteiger partial charge in [-0.2, -0.15) is 0 Å². The molecule has 0 saturated heterocycles. The first kappa shape index (κ1) is 10.0. The molecule has 0 saturated carbocycles. The molecule has 1 unspecified atom stereocenters. The van der Waals surface area contributed by atoms with Crippen LogP contribution < -0.4 is 4.74 Å². The molecule has 0 amide bonds. The molecule has 1 aliphatic carbocycles. The van der Waals surface area contributed by atoms with Gasteiger partial charge in [-0.25, -0.2) is 0 Å². The Morgan fingerprint density at radius 3 is 3.14 bits per heavy atom. The largest absolute Gasteiger partial charge is 0.494 e. The summed E-state index contributed by atoms with van der Waals surface area (Å²) in [5.41, 5.74) is 2.89. The predicted octanol–water partition coefficient (Wildman–Crippen LogP) is 3.86. The lowest BCUT2D eigenvalue weighted by Crippen LogP contribution is -2.05. The van der Waals surface area contributed by atoms with Crippen molar-refractivity contribution < 1.29 is 4.74 Å². The van der Waals surface area contributed by atoms with Gasteiger partial charge in [0, 0.05) is 4.83 Å². The first-order valence-corrected chi connectivity index (χ1v) is 6.12. The number of benzene rings is 1.